The van der Waals surface area contributed by atoms with Gasteiger partial charge in [0, 0.05) is 51.7 Å². The molecule has 2 aliphatic heterocycles. The van der Waals surface area contributed by atoms with Crippen molar-refractivity contribution in [2.45, 2.75) is 57.4 Å². The monoisotopic (exact) mass is 645 g/mol. The lowest BCUT2D eigenvalue weighted by Crippen LogP contribution is -2.56. The zero-order valence-corrected chi connectivity index (χ0v) is 23.0. The third-order valence-corrected chi connectivity index (χ3v) is 5.57. The van der Waals surface area contributed by atoms with E-state index in [1.807, 2.05) is 18.5 Å². The number of likely N-dealkylation sites (tertiary alicyclic amines) is 1. The molecule has 43 heavy (non-hydrogen) atoms. The van der Waals surface area contributed by atoms with Crippen LogP contribution in [0.5, 0.6) is 0 Å². The fraction of sp³-hybridized carbons (Fsp3) is 0.667. The molecular weight excluding hydrogens is 613 g/mol. The van der Waals surface area contributed by atoms with Crippen molar-refractivity contribution in [3.05, 3.63) is 30.1 Å². The quantitative estimate of drug-likeness (QED) is 0.406. The minimum absolute atomic E-state index is 0.0912. The first-order valence-electron chi connectivity index (χ1n) is 12.4. The highest BCUT2D eigenvalue weighted by Crippen LogP contribution is 2.31. The van der Waals surface area contributed by atoms with Crippen LogP contribution in [0.3, 0.4) is 0 Å². The molecule has 10 nitrogen and oxygen atoms in total. The molecule has 3 N–H and O–H groups in total. The molecular formula is C24H32F9N3O7. The first kappa shape index (κ1) is 39.8. The third-order valence-electron chi connectivity index (χ3n) is 5.57. The number of hydrogen-bond donors (Lipinski definition) is 3. The van der Waals surface area contributed by atoms with Crippen molar-refractivity contribution in [2.24, 2.45) is 5.92 Å². The maximum absolute atomic E-state index is 10.6. The largest absolute Gasteiger partial charge is 0.490 e. The SMILES string of the molecule is CC(C)CN1CCC2(CC1)CN(Cc1cccnc1)CCO2.O=C(O)C(F)(F)F.O=C(O)C(F)(F)F.O=C(O)C(F)(F)F. The van der Waals surface area contributed by atoms with Gasteiger partial charge in [-0.25, -0.2) is 14.4 Å². The first-order valence-corrected chi connectivity index (χ1v) is 12.4. The van der Waals surface area contributed by atoms with Gasteiger partial charge in [0.15, 0.2) is 0 Å². The zero-order valence-electron chi connectivity index (χ0n) is 23.0. The van der Waals surface area contributed by atoms with Crippen LogP contribution in [-0.2, 0) is 25.7 Å². The minimum Gasteiger partial charge on any atom is -0.475 e. The predicted molar refractivity (Wildman–Crippen MR) is 130 cm³/mol. The molecule has 2 fully saturated rings. The minimum atomic E-state index is -5.08. The molecule has 0 bridgehead atoms. The standard InChI is InChI=1S/C18H29N3O.3C2HF3O2/c1-16(2)13-20-8-5-18(6-9-20)15-21(10-11-22-18)14-17-4-3-7-19-12-17;3*3-2(4,5)1(6)7/h3-4,7,12,16H,5-6,8-11,13-15H2,1-2H3;3*(H,6,7). The summed E-state index contributed by atoms with van der Waals surface area (Å²) in [5, 5.41) is 21.4. The van der Waals surface area contributed by atoms with Gasteiger partial charge in [0.1, 0.15) is 0 Å². The van der Waals surface area contributed by atoms with Crippen LogP contribution in [0.15, 0.2) is 24.5 Å². The van der Waals surface area contributed by atoms with Crippen LogP contribution in [0.4, 0.5) is 39.5 Å². The van der Waals surface area contributed by atoms with Crippen LogP contribution in [0.25, 0.3) is 0 Å². The topological polar surface area (TPSA) is 140 Å². The van der Waals surface area contributed by atoms with E-state index in [0.29, 0.717) is 0 Å². The summed E-state index contributed by atoms with van der Waals surface area (Å²) < 4.78 is 101. The van der Waals surface area contributed by atoms with Crippen LogP contribution in [0, 0.1) is 5.92 Å². The van der Waals surface area contributed by atoms with E-state index in [1.165, 1.54) is 38.0 Å². The Morgan fingerprint density at radius 1 is 0.860 bits per heavy atom. The number of alkyl halides is 9. The Labute approximate surface area is 240 Å². The highest BCUT2D eigenvalue weighted by Gasteiger charge is 2.40. The maximum atomic E-state index is 10.6. The lowest BCUT2D eigenvalue weighted by atomic mass is 9.89. The van der Waals surface area contributed by atoms with E-state index >= 15 is 0 Å². The van der Waals surface area contributed by atoms with Crippen molar-refractivity contribution in [2.75, 3.05) is 39.3 Å². The van der Waals surface area contributed by atoms with Gasteiger partial charge in [0.05, 0.1) is 12.2 Å². The van der Waals surface area contributed by atoms with Crippen molar-refractivity contribution < 1.29 is 74.0 Å². The number of morpholine rings is 1. The molecule has 0 radical (unpaired) electrons. The molecule has 19 heteroatoms. The fourth-order valence-electron chi connectivity index (χ4n) is 3.77. The van der Waals surface area contributed by atoms with Gasteiger partial charge >= 0.3 is 36.4 Å². The van der Waals surface area contributed by atoms with Crippen LogP contribution >= 0.6 is 0 Å². The molecule has 3 heterocycles. The van der Waals surface area contributed by atoms with E-state index in [2.05, 4.69) is 34.7 Å². The van der Waals surface area contributed by atoms with Crippen molar-refractivity contribution in [3.63, 3.8) is 0 Å². The normalized spacial score (nSPS) is 17.4. The number of piperidine rings is 1. The van der Waals surface area contributed by atoms with Gasteiger partial charge in [-0.15, -0.1) is 0 Å². The summed E-state index contributed by atoms with van der Waals surface area (Å²) in [5.74, 6) is -7.52. The Morgan fingerprint density at radius 2 is 1.30 bits per heavy atom. The summed E-state index contributed by atoms with van der Waals surface area (Å²) in [6.45, 7) is 12.1. The highest BCUT2D eigenvalue weighted by atomic mass is 19.4. The van der Waals surface area contributed by atoms with Gasteiger partial charge in [-0.2, -0.15) is 39.5 Å². The smallest absolute Gasteiger partial charge is 0.475 e. The summed E-state index contributed by atoms with van der Waals surface area (Å²) >= 11 is 0. The summed E-state index contributed by atoms with van der Waals surface area (Å²) in [6, 6.07) is 4.19. The van der Waals surface area contributed by atoms with Crippen LogP contribution in [0.2, 0.25) is 0 Å². The third kappa shape index (κ3) is 17.5. The van der Waals surface area contributed by atoms with Gasteiger partial charge < -0.3 is 25.0 Å². The van der Waals surface area contributed by atoms with E-state index in [1.54, 1.807) is 0 Å². The second kappa shape index (κ2) is 17.2. The second-order valence-electron chi connectivity index (χ2n) is 9.71. The van der Waals surface area contributed by atoms with Gasteiger partial charge in [0.2, 0.25) is 0 Å². The summed E-state index contributed by atoms with van der Waals surface area (Å²) in [6.07, 6.45) is -9.09. The Bertz CT molecular complexity index is 940. The molecule has 1 spiro atoms. The predicted octanol–water partition coefficient (Wildman–Crippen LogP) is 4.30. The number of nitrogens with zero attached hydrogens (tertiary/aromatic N) is 3. The number of carboxylic acids is 3. The number of pyridine rings is 1. The Balaban J connectivity index is 0.000000690. The molecule has 1 aromatic rings. The molecule has 248 valence electrons. The molecule has 0 unspecified atom stereocenters. The molecule has 2 aliphatic rings. The molecule has 2 saturated heterocycles. The van der Waals surface area contributed by atoms with Crippen LogP contribution < -0.4 is 0 Å². The summed E-state index contributed by atoms with van der Waals surface area (Å²) in [5.41, 5.74) is 1.39. The molecule has 0 aliphatic carbocycles. The Morgan fingerprint density at radius 3 is 1.65 bits per heavy atom. The number of carboxylic acid groups (broad SMARTS) is 3. The van der Waals surface area contributed by atoms with E-state index in [9.17, 15) is 39.5 Å². The van der Waals surface area contributed by atoms with Crippen LogP contribution in [0.1, 0.15) is 32.3 Å². The zero-order chi connectivity index (χ0) is 33.6. The lowest BCUT2D eigenvalue weighted by Gasteiger charge is -2.47. The van der Waals surface area contributed by atoms with E-state index in [0.717, 1.165) is 32.2 Å². The second-order valence-corrected chi connectivity index (χ2v) is 9.71. The molecule has 0 atom stereocenters. The van der Waals surface area contributed by atoms with E-state index < -0.39 is 36.4 Å². The molecule has 0 aromatic carbocycles. The van der Waals surface area contributed by atoms with Crippen LogP contribution in [-0.4, -0.2) is 111 Å². The lowest BCUT2D eigenvalue weighted by molar-refractivity contribution is -0.193. The molecule has 1 aromatic heterocycles. The first-order chi connectivity index (χ1) is 19.5. The number of rotatable bonds is 4. The molecule has 3 rings (SSSR count). The van der Waals surface area contributed by atoms with Crippen molar-refractivity contribution in [3.8, 4) is 0 Å². The Kier molecular flexibility index (Phi) is 15.9. The maximum Gasteiger partial charge on any atom is 0.490 e. The van der Waals surface area contributed by atoms with Crippen molar-refractivity contribution >= 4 is 17.9 Å². The number of halogens is 9. The molecule has 0 saturated carbocycles. The van der Waals surface area contributed by atoms with E-state index in [-0.39, 0.29) is 5.60 Å². The highest BCUT2D eigenvalue weighted by molar-refractivity contribution is 5.73. The number of hydrogen-bond acceptors (Lipinski definition) is 7. The van der Waals surface area contributed by atoms with Crippen molar-refractivity contribution in [1.29, 1.82) is 0 Å². The van der Waals surface area contributed by atoms with Gasteiger partial charge in [-0.05, 0) is 30.4 Å². The van der Waals surface area contributed by atoms with Gasteiger partial charge in [-0.3, -0.25) is 9.88 Å². The van der Waals surface area contributed by atoms with Gasteiger partial charge in [-0.1, -0.05) is 19.9 Å². The number of aromatic nitrogens is 1. The van der Waals surface area contributed by atoms with Crippen molar-refractivity contribution in [1.82, 2.24) is 14.8 Å². The summed E-state index contributed by atoms with van der Waals surface area (Å²) in [4.78, 5) is 36.1. The fourth-order valence-corrected chi connectivity index (χ4v) is 3.77. The molecule has 0 amide bonds. The summed E-state index contributed by atoms with van der Waals surface area (Å²) in [7, 11) is 0. The average Bonchev–Trinajstić information content (AvgIpc) is 2.85. The number of carbonyl (C=O) groups is 3. The number of aliphatic carboxylic acids is 3. The Hall–Kier alpha value is -3.19. The van der Waals surface area contributed by atoms with Gasteiger partial charge in [0.25, 0.3) is 0 Å². The average molecular weight is 646 g/mol. The number of ether oxygens (including phenoxy) is 1. The van der Waals surface area contributed by atoms with E-state index in [4.69, 9.17) is 34.4 Å².